The van der Waals surface area contributed by atoms with Crippen molar-refractivity contribution in [1.82, 2.24) is 0 Å². The number of amides is 1. The number of carbonyl (C=O) groups is 2. The van der Waals surface area contributed by atoms with Crippen molar-refractivity contribution in [2.45, 2.75) is 6.92 Å². The first-order valence-corrected chi connectivity index (χ1v) is 12.4. The zero-order chi connectivity index (χ0) is 25.2. The molecule has 1 aromatic heterocycles. The molecule has 0 atom stereocenters. The number of aliphatic imine (C=N–C) groups is 1. The molecule has 180 valence electrons. The molecule has 1 amide bonds. The van der Waals surface area contributed by atoms with Gasteiger partial charge in [0.25, 0.3) is 5.91 Å². The van der Waals surface area contributed by atoms with Gasteiger partial charge in [0.05, 0.1) is 34.9 Å². The first-order valence-electron chi connectivity index (χ1n) is 11.2. The molecule has 0 N–H and O–H groups in total. The van der Waals surface area contributed by atoms with Crippen LogP contribution in [0.2, 0.25) is 5.02 Å². The summed E-state index contributed by atoms with van der Waals surface area (Å²) in [4.78, 5) is 32.4. The molecule has 36 heavy (non-hydrogen) atoms. The Morgan fingerprint density at radius 1 is 1.06 bits per heavy atom. The third kappa shape index (κ3) is 4.39. The number of rotatable bonds is 6. The Balaban J connectivity index is 1.60. The number of methoxy groups -OCH3 is 1. The Bertz CT molecular complexity index is 1520. The lowest BCUT2D eigenvalue weighted by Crippen LogP contribution is -2.32. The highest BCUT2D eigenvalue weighted by Crippen LogP contribution is 2.39. The highest BCUT2D eigenvalue weighted by molar-refractivity contribution is 7.21. The Kier molecular flexibility index (Phi) is 6.59. The fourth-order valence-corrected chi connectivity index (χ4v) is 5.41. The van der Waals surface area contributed by atoms with Crippen molar-refractivity contribution in [1.29, 1.82) is 0 Å². The third-order valence-corrected chi connectivity index (χ3v) is 7.31. The van der Waals surface area contributed by atoms with Gasteiger partial charge in [0.2, 0.25) is 0 Å². The van der Waals surface area contributed by atoms with Crippen molar-refractivity contribution in [2.24, 2.45) is 4.99 Å². The van der Waals surface area contributed by atoms with Crippen molar-refractivity contribution in [2.75, 3.05) is 18.6 Å². The molecule has 0 saturated heterocycles. The predicted octanol–water partition coefficient (Wildman–Crippen LogP) is 6.57. The Labute approximate surface area is 217 Å². The van der Waals surface area contributed by atoms with Gasteiger partial charge in [0.1, 0.15) is 11.4 Å². The van der Waals surface area contributed by atoms with E-state index >= 15 is 0 Å². The number of hydrogen-bond acceptors (Lipinski definition) is 6. The maximum absolute atomic E-state index is 13.7. The molecule has 1 aliphatic heterocycles. The molecule has 0 bridgehead atoms. The van der Waals surface area contributed by atoms with E-state index in [-0.39, 0.29) is 11.6 Å². The van der Waals surface area contributed by atoms with Crippen LogP contribution in [0.1, 0.15) is 27.7 Å². The Morgan fingerprint density at radius 2 is 1.78 bits per heavy atom. The highest BCUT2D eigenvalue weighted by Gasteiger charge is 2.35. The lowest BCUT2D eigenvalue weighted by molar-refractivity contribution is -0.113. The maximum Gasteiger partial charge on any atom is 0.337 e. The number of fused-ring (bicyclic) bond motifs is 1. The minimum atomic E-state index is -0.424. The van der Waals surface area contributed by atoms with Crippen LogP contribution < -0.4 is 9.64 Å². The van der Waals surface area contributed by atoms with Crippen LogP contribution in [0, 0.1) is 0 Å². The number of anilines is 1. The number of nitrogens with zero attached hydrogens (tertiary/aromatic N) is 2. The quantitative estimate of drug-likeness (QED) is 0.214. The largest absolute Gasteiger partial charge is 0.494 e. The molecular weight excluding hydrogens is 496 g/mol. The van der Waals surface area contributed by atoms with Crippen molar-refractivity contribution >= 4 is 62.5 Å². The third-order valence-electron chi connectivity index (χ3n) is 5.64. The van der Waals surface area contributed by atoms with Gasteiger partial charge in [-0.2, -0.15) is 0 Å². The molecule has 4 aromatic rings. The molecule has 8 heteroatoms. The highest BCUT2D eigenvalue weighted by atomic mass is 35.5. The summed E-state index contributed by atoms with van der Waals surface area (Å²) >= 11 is 8.27. The molecule has 0 radical (unpaired) electrons. The monoisotopic (exact) mass is 516 g/mol. The summed E-state index contributed by atoms with van der Waals surface area (Å²) in [5.41, 5.74) is 2.07. The predicted molar refractivity (Wildman–Crippen MR) is 144 cm³/mol. The lowest BCUT2D eigenvalue weighted by Gasteiger charge is -2.18. The second-order valence-corrected chi connectivity index (χ2v) is 9.32. The van der Waals surface area contributed by atoms with Gasteiger partial charge in [0.15, 0.2) is 5.84 Å². The summed E-state index contributed by atoms with van der Waals surface area (Å²) in [6.07, 6.45) is 1.69. The van der Waals surface area contributed by atoms with Crippen LogP contribution in [0.4, 0.5) is 5.69 Å². The van der Waals surface area contributed by atoms with E-state index in [0.29, 0.717) is 39.3 Å². The average Bonchev–Trinajstić information content (AvgIpc) is 3.41. The molecular formula is C28H21ClN2O4S. The average molecular weight is 517 g/mol. The number of carbonyl (C=O) groups excluding carboxylic acids is 2. The maximum atomic E-state index is 13.7. The van der Waals surface area contributed by atoms with Gasteiger partial charge < -0.3 is 9.47 Å². The second-order valence-electron chi connectivity index (χ2n) is 7.89. The van der Waals surface area contributed by atoms with Crippen molar-refractivity contribution in [3.8, 4) is 5.75 Å². The van der Waals surface area contributed by atoms with E-state index < -0.39 is 5.97 Å². The summed E-state index contributed by atoms with van der Waals surface area (Å²) in [6, 6.07) is 21.9. The van der Waals surface area contributed by atoms with E-state index in [2.05, 4.69) is 0 Å². The van der Waals surface area contributed by atoms with Gasteiger partial charge in [-0.25, -0.2) is 9.79 Å². The SMILES string of the molecule is CCOc1ccc(N2C(=O)/C(=C\c3ccc(C(=O)OC)cc3)N=C2c2sc3ccccc3c2Cl)cc1. The molecule has 2 heterocycles. The number of halogens is 1. The van der Waals surface area contributed by atoms with Crippen molar-refractivity contribution < 1.29 is 19.1 Å². The summed E-state index contributed by atoms with van der Waals surface area (Å²) < 4.78 is 11.3. The number of hydrogen-bond donors (Lipinski definition) is 0. The number of amidine groups is 1. The molecule has 0 saturated carbocycles. The number of esters is 1. The number of benzene rings is 3. The van der Waals surface area contributed by atoms with Crippen LogP contribution >= 0.6 is 22.9 Å². The first-order chi connectivity index (χ1) is 17.5. The van der Waals surface area contributed by atoms with Crippen LogP contribution in [0.25, 0.3) is 16.2 Å². The van der Waals surface area contributed by atoms with E-state index in [1.54, 1.807) is 35.2 Å². The number of ether oxygens (including phenoxy) is 2. The van der Waals surface area contributed by atoms with Gasteiger partial charge in [-0.05, 0) is 61.0 Å². The fourth-order valence-electron chi connectivity index (χ4n) is 3.92. The normalized spacial score (nSPS) is 14.4. The molecule has 0 unspecified atom stereocenters. The first kappa shape index (κ1) is 23.8. The lowest BCUT2D eigenvalue weighted by atomic mass is 10.1. The second kappa shape index (κ2) is 9.97. The van der Waals surface area contributed by atoms with E-state index in [9.17, 15) is 9.59 Å². The van der Waals surface area contributed by atoms with Crippen LogP contribution in [-0.2, 0) is 9.53 Å². The molecule has 5 rings (SSSR count). The van der Waals surface area contributed by atoms with Crippen LogP contribution in [0.5, 0.6) is 5.75 Å². The van der Waals surface area contributed by atoms with Gasteiger partial charge in [0, 0.05) is 10.1 Å². The molecule has 3 aromatic carbocycles. The summed E-state index contributed by atoms with van der Waals surface area (Å²) in [5.74, 6) is 0.479. The molecule has 0 fully saturated rings. The van der Waals surface area contributed by atoms with Gasteiger partial charge in [-0.3, -0.25) is 9.69 Å². The van der Waals surface area contributed by atoms with Crippen LogP contribution in [0.15, 0.2) is 83.5 Å². The number of thiophene rings is 1. The smallest absolute Gasteiger partial charge is 0.337 e. The van der Waals surface area contributed by atoms with E-state index in [1.165, 1.54) is 18.4 Å². The van der Waals surface area contributed by atoms with E-state index in [0.717, 1.165) is 15.6 Å². The molecule has 0 aliphatic carbocycles. The molecule has 6 nitrogen and oxygen atoms in total. The van der Waals surface area contributed by atoms with Crippen molar-refractivity contribution in [3.05, 3.63) is 99.5 Å². The summed E-state index contributed by atoms with van der Waals surface area (Å²) in [5, 5.41) is 1.47. The molecule has 1 aliphatic rings. The fraction of sp³-hybridized carbons (Fsp3) is 0.107. The standard InChI is InChI=1S/C28H21ClN2O4S/c1-3-35-20-14-12-19(13-15-20)31-26(25-24(29)21-6-4-5-7-23(21)36-25)30-22(27(31)32)16-17-8-10-18(11-9-17)28(33)34-2/h4-16H,3H2,1-2H3/b22-16+. The zero-order valence-corrected chi connectivity index (χ0v) is 21.1. The minimum Gasteiger partial charge on any atom is -0.494 e. The van der Waals surface area contributed by atoms with Gasteiger partial charge in [-0.15, -0.1) is 11.3 Å². The summed E-state index contributed by atoms with van der Waals surface area (Å²) in [6.45, 7) is 2.47. The molecule has 0 spiro atoms. The van der Waals surface area contributed by atoms with E-state index in [4.69, 9.17) is 26.1 Å². The van der Waals surface area contributed by atoms with Gasteiger partial charge >= 0.3 is 5.97 Å². The van der Waals surface area contributed by atoms with E-state index in [1.807, 2.05) is 55.5 Å². The van der Waals surface area contributed by atoms with Gasteiger partial charge in [-0.1, -0.05) is 41.9 Å². The van der Waals surface area contributed by atoms with Crippen molar-refractivity contribution in [3.63, 3.8) is 0 Å². The minimum absolute atomic E-state index is 0.262. The van der Waals surface area contributed by atoms with Crippen LogP contribution in [0.3, 0.4) is 0 Å². The van der Waals surface area contributed by atoms with Crippen LogP contribution in [-0.4, -0.2) is 31.4 Å². The summed E-state index contributed by atoms with van der Waals surface area (Å²) in [7, 11) is 1.33. The zero-order valence-electron chi connectivity index (χ0n) is 19.5. The topological polar surface area (TPSA) is 68.2 Å². The Hall–Kier alpha value is -3.94. The Morgan fingerprint density at radius 3 is 2.44 bits per heavy atom.